The second-order valence-electron chi connectivity index (χ2n) is 9.97. The summed E-state index contributed by atoms with van der Waals surface area (Å²) >= 11 is 0. The van der Waals surface area contributed by atoms with Crippen LogP contribution in [0.2, 0.25) is 0 Å². The third-order valence-corrected chi connectivity index (χ3v) is 7.71. The van der Waals surface area contributed by atoms with Gasteiger partial charge in [-0.05, 0) is 38.0 Å². The summed E-state index contributed by atoms with van der Waals surface area (Å²) in [6.45, 7) is 2.58. The molecule has 0 bridgehead atoms. The summed E-state index contributed by atoms with van der Waals surface area (Å²) in [5.41, 5.74) is 8.58. The average molecular weight is 517 g/mol. The number of aromatic nitrogens is 6. The van der Waals surface area contributed by atoms with Crippen molar-refractivity contribution in [2.45, 2.75) is 51.2 Å². The molecule has 3 aromatic heterocycles. The molecule has 3 N–H and O–H groups in total. The number of ether oxygens (including phenoxy) is 1. The van der Waals surface area contributed by atoms with E-state index in [1.165, 1.54) is 10.9 Å². The van der Waals surface area contributed by atoms with Crippen LogP contribution in [0.1, 0.15) is 25.5 Å². The molecule has 2 atom stereocenters. The zero-order valence-electron chi connectivity index (χ0n) is 20.2. The van der Waals surface area contributed by atoms with Gasteiger partial charge in [-0.25, -0.2) is 14.6 Å². The van der Waals surface area contributed by atoms with Crippen LogP contribution in [0.4, 0.5) is 19.0 Å². The molecule has 2 aliphatic heterocycles. The van der Waals surface area contributed by atoms with Crippen molar-refractivity contribution in [1.82, 2.24) is 29.5 Å². The molecule has 2 aliphatic rings. The minimum atomic E-state index is -4.40. The summed E-state index contributed by atoms with van der Waals surface area (Å²) in [6, 6.07) is 5.01. The highest BCUT2D eigenvalue weighted by Gasteiger charge is 2.47. The zero-order chi connectivity index (χ0) is 25.9. The van der Waals surface area contributed by atoms with Gasteiger partial charge in [-0.1, -0.05) is 0 Å². The number of aliphatic hydroxyl groups is 1. The smallest absolute Gasteiger partial charge is 0.390 e. The van der Waals surface area contributed by atoms with Gasteiger partial charge < -0.3 is 20.5 Å². The summed E-state index contributed by atoms with van der Waals surface area (Å²) in [6.07, 6.45) is 0.316. The molecule has 4 aromatic rings. The van der Waals surface area contributed by atoms with Gasteiger partial charge in [0.2, 0.25) is 0 Å². The first-order valence-corrected chi connectivity index (χ1v) is 12.2. The second kappa shape index (κ2) is 8.64. The fourth-order valence-electron chi connectivity index (χ4n) is 5.54. The maximum Gasteiger partial charge on any atom is 0.408 e. The molecule has 0 saturated carbocycles. The molecule has 196 valence electrons. The lowest BCUT2D eigenvalue weighted by molar-refractivity contribution is -0.141. The number of nitrogens with zero attached hydrogens (tertiary/aromatic N) is 7. The molecule has 37 heavy (non-hydrogen) atoms. The van der Waals surface area contributed by atoms with Crippen LogP contribution in [-0.2, 0) is 17.9 Å². The third-order valence-electron chi connectivity index (χ3n) is 7.71. The number of hydrogen-bond acceptors (Lipinski definition) is 8. The van der Waals surface area contributed by atoms with E-state index >= 15 is 0 Å². The maximum atomic E-state index is 13.0. The SMILES string of the molecule is C[C@@H]1OCC2(CCN(c3nc4cnn(-c5ccc6cnn(CC(F)(F)F)c6c5)c4nc3CO)CC2)[C@@H]1N. The highest BCUT2D eigenvalue weighted by Crippen LogP contribution is 2.42. The van der Waals surface area contributed by atoms with Crippen LogP contribution in [0.5, 0.6) is 0 Å². The van der Waals surface area contributed by atoms with E-state index in [-0.39, 0.29) is 24.2 Å². The average Bonchev–Trinajstić information content (AvgIpc) is 3.55. The molecule has 1 spiro atoms. The fraction of sp³-hybridized carbons (Fsp3) is 0.500. The highest BCUT2D eigenvalue weighted by molar-refractivity contribution is 5.82. The number of halogens is 3. The van der Waals surface area contributed by atoms with Gasteiger partial charge in [-0.2, -0.15) is 23.4 Å². The van der Waals surface area contributed by atoms with Crippen molar-refractivity contribution in [2.75, 3.05) is 24.6 Å². The standard InChI is InChI=1S/C24H27F3N8O2/c1-14-20(28)23(13-37-14)4-6-33(7-5-23)21-18(11-36)32-22-17(31-21)10-30-35(22)16-3-2-15-9-29-34(19(15)8-16)12-24(25,26)27/h2-3,8-10,14,20,36H,4-7,11-13,28H2,1H3/t14-,20+/m0/s1. The number of fused-ring (bicyclic) bond motifs is 2. The van der Waals surface area contributed by atoms with Gasteiger partial charge in [0.25, 0.3) is 0 Å². The van der Waals surface area contributed by atoms with E-state index in [0.29, 0.717) is 59.0 Å². The van der Waals surface area contributed by atoms with E-state index in [1.54, 1.807) is 24.4 Å². The van der Waals surface area contributed by atoms with Crippen LogP contribution in [0.3, 0.4) is 0 Å². The Morgan fingerprint density at radius 3 is 2.62 bits per heavy atom. The molecule has 5 heterocycles. The summed E-state index contributed by atoms with van der Waals surface area (Å²) in [5.74, 6) is 0.601. The van der Waals surface area contributed by atoms with Crippen molar-refractivity contribution in [3.05, 3.63) is 36.3 Å². The van der Waals surface area contributed by atoms with Crippen LogP contribution >= 0.6 is 0 Å². The third kappa shape index (κ3) is 4.10. The maximum absolute atomic E-state index is 13.0. The largest absolute Gasteiger partial charge is 0.408 e. The van der Waals surface area contributed by atoms with Crippen molar-refractivity contribution in [2.24, 2.45) is 11.1 Å². The summed E-state index contributed by atoms with van der Waals surface area (Å²) in [7, 11) is 0. The lowest BCUT2D eigenvalue weighted by atomic mass is 9.73. The van der Waals surface area contributed by atoms with Crippen LogP contribution in [0, 0.1) is 5.41 Å². The molecule has 0 unspecified atom stereocenters. The number of alkyl halides is 3. The molecule has 2 fully saturated rings. The van der Waals surface area contributed by atoms with Gasteiger partial charge in [0.1, 0.15) is 17.8 Å². The van der Waals surface area contributed by atoms with Gasteiger partial charge in [0, 0.05) is 29.9 Å². The second-order valence-corrected chi connectivity index (χ2v) is 9.97. The Balaban J connectivity index is 1.32. The molecule has 0 radical (unpaired) electrons. The predicted molar refractivity (Wildman–Crippen MR) is 129 cm³/mol. The van der Waals surface area contributed by atoms with Crippen LogP contribution < -0.4 is 10.6 Å². The van der Waals surface area contributed by atoms with E-state index in [2.05, 4.69) is 20.1 Å². The van der Waals surface area contributed by atoms with E-state index in [0.717, 1.165) is 17.5 Å². The first-order valence-electron chi connectivity index (χ1n) is 12.2. The Morgan fingerprint density at radius 1 is 1.16 bits per heavy atom. The first kappa shape index (κ1) is 24.1. The molecule has 0 aliphatic carbocycles. The number of anilines is 1. The van der Waals surface area contributed by atoms with E-state index < -0.39 is 12.7 Å². The molecular weight excluding hydrogens is 489 g/mol. The normalized spacial score (nSPS) is 22.1. The van der Waals surface area contributed by atoms with Crippen LogP contribution in [0.25, 0.3) is 27.8 Å². The number of rotatable bonds is 4. The van der Waals surface area contributed by atoms with Gasteiger partial charge >= 0.3 is 6.18 Å². The molecule has 2 saturated heterocycles. The van der Waals surface area contributed by atoms with E-state index in [9.17, 15) is 18.3 Å². The van der Waals surface area contributed by atoms with Gasteiger partial charge in [0.15, 0.2) is 11.5 Å². The van der Waals surface area contributed by atoms with E-state index in [4.69, 9.17) is 15.5 Å². The number of aliphatic hydroxyl groups excluding tert-OH is 1. The Labute approximate surface area is 209 Å². The van der Waals surface area contributed by atoms with Crippen molar-refractivity contribution in [3.63, 3.8) is 0 Å². The van der Waals surface area contributed by atoms with Crippen molar-refractivity contribution < 1.29 is 23.0 Å². The molecule has 13 heteroatoms. The number of hydrogen-bond donors (Lipinski definition) is 2. The fourth-order valence-corrected chi connectivity index (χ4v) is 5.54. The zero-order valence-corrected chi connectivity index (χ0v) is 20.2. The highest BCUT2D eigenvalue weighted by atomic mass is 19.4. The number of benzene rings is 1. The van der Waals surface area contributed by atoms with Gasteiger partial charge in [0.05, 0.1) is 42.9 Å². The van der Waals surface area contributed by atoms with E-state index in [1.807, 2.05) is 6.92 Å². The lowest BCUT2D eigenvalue weighted by Gasteiger charge is -2.41. The minimum Gasteiger partial charge on any atom is -0.390 e. The Morgan fingerprint density at radius 2 is 1.95 bits per heavy atom. The van der Waals surface area contributed by atoms with Crippen molar-refractivity contribution in [3.8, 4) is 5.69 Å². The minimum absolute atomic E-state index is 0.0106. The summed E-state index contributed by atoms with van der Waals surface area (Å²) in [4.78, 5) is 11.5. The van der Waals surface area contributed by atoms with Crippen molar-refractivity contribution in [1.29, 1.82) is 0 Å². The Hall–Kier alpha value is -3.29. The topological polar surface area (TPSA) is 120 Å². The van der Waals surface area contributed by atoms with Gasteiger partial charge in [-0.3, -0.25) is 4.68 Å². The van der Waals surface area contributed by atoms with Crippen LogP contribution in [-0.4, -0.2) is 72.7 Å². The Kier molecular flexibility index (Phi) is 5.62. The number of nitrogens with two attached hydrogens (primary N) is 1. The van der Waals surface area contributed by atoms with Gasteiger partial charge in [-0.15, -0.1) is 0 Å². The molecule has 0 amide bonds. The molecule has 1 aromatic carbocycles. The Bertz CT molecular complexity index is 1460. The predicted octanol–water partition coefficient (Wildman–Crippen LogP) is 2.55. The molecular formula is C24H27F3N8O2. The first-order chi connectivity index (χ1) is 17.7. The van der Waals surface area contributed by atoms with Crippen molar-refractivity contribution >= 4 is 27.9 Å². The molecule has 6 rings (SSSR count). The van der Waals surface area contributed by atoms with Crippen LogP contribution in [0.15, 0.2) is 30.6 Å². The number of piperidine rings is 1. The summed E-state index contributed by atoms with van der Waals surface area (Å²) in [5, 5.41) is 19.0. The summed E-state index contributed by atoms with van der Waals surface area (Å²) < 4.78 is 47.2. The monoisotopic (exact) mass is 516 g/mol. The molecule has 10 nitrogen and oxygen atoms in total. The quantitative estimate of drug-likeness (QED) is 0.425. The lowest BCUT2D eigenvalue weighted by Crippen LogP contribution is -2.51.